The maximum Gasteiger partial charge on any atom is 0.127 e. The Kier molecular flexibility index (Phi) is 6.31. The summed E-state index contributed by atoms with van der Waals surface area (Å²) in [6, 6.07) is 4.75. The summed E-state index contributed by atoms with van der Waals surface area (Å²) >= 11 is 7.54. The molecule has 0 saturated carbocycles. The van der Waals surface area contributed by atoms with Gasteiger partial charge in [-0.1, -0.05) is 31.5 Å². The molecule has 0 saturated heterocycles. The molecule has 2 N–H and O–H groups in total. The third-order valence-corrected chi connectivity index (χ3v) is 4.43. The van der Waals surface area contributed by atoms with Gasteiger partial charge >= 0.3 is 0 Å². The number of thioether (sulfide) groups is 1. The molecule has 0 spiro atoms. The molecule has 17 heavy (non-hydrogen) atoms. The highest BCUT2D eigenvalue weighted by Gasteiger charge is 2.10. The first kappa shape index (κ1) is 14.8. The van der Waals surface area contributed by atoms with Crippen molar-refractivity contribution in [2.45, 2.75) is 38.0 Å². The summed E-state index contributed by atoms with van der Waals surface area (Å²) in [7, 11) is 0. The van der Waals surface area contributed by atoms with E-state index in [1.807, 2.05) is 11.8 Å². The Balaban J connectivity index is 2.47. The van der Waals surface area contributed by atoms with E-state index in [-0.39, 0.29) is 11.9 Å². The van der Waals surface area contributed by atoms with Crippen LogP contribution in [0.5, 0.6) is 0 Å². The Bertz CT molecular complexity index is 359. The highest BCUT2D eigenvalue weighted by atomic mass is 35.5. The smallest absolute Gasteiger partial charge is 0.127 e. The molecule has 0 aliphatic carbocycles. The number of benzene rings is 1. The Morgan fingerprint density at radius 1 is 1.47 bits per heavy atom. The van der Waals surface area contributed by atoms with Gasteiger partial charge in [-0.05, 0) is 30.5 Å². The van der Waals surface area contributed by atoms with E-state index in [1.54, 1.807) is 12.1 Å². The third-order valence-electron chi connectivity index (χ3n) is 2.67. The topological polar surface area (TPSA) is 26.0 Å². The van der Waals surface area contributed by atoms with Gasteiger partial charge < -0.3 is 5.73 Å². The SMILES string of the molecule is CCC(C)SCC(N)Cc1ccc(Cl)cc1F. The van der Waals surface area contributed by atoms with Crippen molar-refractivity contribution < 1.29 is 4.39 Å². The maximum absolute atomic E-state index is 13.5. The Hall–Kier alpha value is -0.250. The molecule has 2 unspecified atom stereocenters. The predicted molar refractivity (Wildman–Crippen MR) is 75.3 cm³/mol. The fourth-order valence-electron chi connectivity index (χ4n) is 1.43. The van der Waals surface area contributed by atoms with E-state index in [0.29, 0.717) is 22.3 Å². The molecular weight excluding hydrogens is 257 g/mol. The van der Waals surface area contributed by atoms with Crippen LogP contribution in [0.15, 0.2) is 18.2 Å². The van der Waals surface area contributed by atoms with Gasteiger partial charge in [0.15, 0.2) is 0 Å². The minimum atomic E-state index is -0.263. The zero-order chi connectivity index (χ0) is 12.8. The molecule has 0 radical (unpaired) electrons. The van der Waals surface area contributed by atoms with Crippen molar-refractivity contribution in [2.75, 3.05) is 5.75 Å². The summed E-state index contributed by atoms with van der Waals surface area (Å²) in [4.78, 5) is 0. The third kappa shape index (κ3) is 5.28. The molecular formula is C13H19ClFNS. The molecule has 1 aromatic rings. The van der Waals surface area contributed by atoms with Crippen molar-refractivity contribution in [1.29, 1.82) is 0 Å². The van der Waals surface area contributed by atoms with E-state index in [9.17, 15) is 4.39 Å². The fourth-order valence-corrected chi connectivity index (χ4v) is 2.52. The van der Waals surface area contributed by atoms with E-state index >= 15 is 0 Å². The van der Waals surface area contributed by atoms with Crippen molar-refractivity contribution in [3.63, 3.8) is 0 Å². The lowest BCUT2D eigenvalue weighted by Gasteiger charge is -2.14. The summed E-state index contributed by atoms with van der Waals surface area (Å²) in [6.45, 7) is 4.34. The van der Waals surface area contributed by atoms with Crippen molar-refractivity contribution in [3.8, 4) is 0 Å². The Morgan fingerprint density at radius 2 is 2.18 bits per heavy atom. The number of hydrogen-bond donors (Lipinski definition) is 1. The lowest BCUT2D eigenvalue weighted by molar-refractivity contribution is 0.597. The van der Waals surface area contributed by atoms with E-state index in [4.69, 9.17) is 17.3 Å². The Labute approximate surface area is 112 Å². The second kappa shape index (κ2) is 7.24. The first-order valence-electron chi connectivity index (χ1n) is 5.84. The first-order chi connectivity index (χ1) is 8.02. The molecule has 0 bridgehead atoms. The van der Waals surface area contributed by atoms with E-state index in [1.165, 1.54) is 6.07 Å². The molecule has 2 atom stereocenters. The van der Waals surface area contributed by atoms with Gasteiger partial charge in [0.25, 0.3) is 0 Å². The number of nitrogens with two attached hydrogens (primary N) is 1. The molecule has 1 aromatic carbocycles. The molecule has 0 amide bonds. The normalized spacial score (nSPS) is 14.6. The first-order valence-corrected chi connectivity index (χ1v) is 7.26. The summed E-state index contributed by atoms with van der Waals surface area (Å²) in [5.74, 6) is 0.596. The standard InChI is InChI=1S/C13H19ClFNS/c1-3-9(2)17-8-12(16)6-10-4-5-11(14)7-13(10)15/h4-5,7,9,12H,3,6,8,16H2,1-2H3. The quantitative estimate of drug-likeness (QED) is 0.853. The average molecular weight is 276 g/mol. The minimum Gasteiger partial charge on any atom is -0.327 e. The fraction of sp³-hybridized carbons (Fsp3) is 0.538. The van der Waals surface area contributed by atoms with Gasteiger partial charge in [-0.25, -0.2) is 4.39 Å². The summed E-state index contributed by atoms with van der Waals surface area (Å²) in [6.07, 6.45) is 1.69. The maximum atomic E-state index is 13.5. The zero-order valence-corrected chi connectivity index (χ0v) is 11.8. The Morgan fingerprint density at radius 3 is 2.76 bits per heavy atom. The van der Waals surface area contributed by atoms with Crippen LogP contribution in [0.1, 0.15) is 25.8 Å². The number of rotatable bonds is 6. The van der Waals surface area contributed by atoms with Gasteiger partial charge in [0, 0.05) is 22.1 Å². The molecule has 0 aromatic heterocycles. The largest absolute Gasteiger partial charge is 0.327 e. The molecule has 0 heterocycles. The summed E-state index contributed by atoms with van der Waals surface area (Å²) in [5.41, 5.74) is 6.64. The monoisotopic (exact) mass is 275 g/mol. The van der Waals surface area contributed by atoms with Crippen LogP contribution < -0.4 is 5.73 Å². The molecule has 0 fully saturated rings. The van der Waals surface area contributed by atoms with Gasteiger partial charge in [0.1, 0.15) is 5.82 Å². The van der Waals surface area contributed by atoms with E-state index < -0.39 is 0 Å². The molecule has 0 aliphatic rings. The van der Waals surface area contributed by atoms with Crippen LogP contribution in [0.25, 0.3) is 0 Å². The highest BCUT2D eigenvalue weighted by molar-refractivity contribution is 7.99. The lowest BCUT2D eigenvalue weighted by Crippen LogP contribution is -2.26. The van der Waals surface area contributed by atoms with Crippen LogP contribution in [0.2, 0.25) is 5.02 Å². The molecule has 96 valence electrons. The zero-order valence-electron chi connectivity index (χ0n) is 10.2. The van der Waals surface area contributed by atoms with Crippen molar-refractivity contribution in [1.82, 2.24) is 0 Å². The van der Waals surface area contributed by atoms with Crippen LogP contribution in [0.4, 0.5) is 4.39 Å². The van der Waals surface area contributed by atoms with Gasteiger partial charge in [0.05, 0.1) is 0 Å². The lowest BCUT2D eigenvalue weighted by atomic mass is 10.1. The van der Waals surface area contributed by atoms with Gasteiger partial charge in [0.2, 0.25) is 0 Å². The van der Waals surface area contributed by atoms with Crippen LogP contribution in [-0.2, 0) is 6.42 Å². The van der Waals surface area contributed by atoms with Crippen LogP contribution in [0, 0.1) is 5.82 Å². The van der Waals surface area contributed by atoms with E-state index in [2.05, 4.69) is 13.8 Å². The van der Waals surface area contributed by atoms with Crippen LogP contribution in [-0.4, -0.2) is 17.0 Å². The second-order valence-corrected chi connectivity index (χ2v) is 6.16. The average Bonchev–Trinajstić information content (AvgIpc) is 2.29. The molecule has 4 heteroatoms. The van der Waals surface area contributed by atoms with E-state index in [0.717, 1.165) is 12.2 Å². The predicted octanol–water partition coefficient (Wildman–Crippen LogP) is 3.88. The van der Waals surface area contributed by atoms with Gasteiger partial charge in [-0.15, -0.1) is 0 Å². The number of halogens is 2. The summed E-state index contributed by atoms with van der Waals surface area (Å²) < 4.78 is 13.5. The highest BCUT2D eigenvalue weighted by Crippen LogP contribution is 2.18. The molecule has 1 rings (SSSR count). The minimum absolute atomic E-state index is 0.00956. The molecule has 1 nitrogen and oxygen atoms in total. The molecule has 0 aliphatic heterocycles. The van der Waals surface area contributed by atoms with Gasteiger partial charge in [-0.3, -0.25) is 0 Å². The van der Waals surface area contributed by atoms with Crippen molar-refractivity contribution >= 4 is 23.4 Å². The number of hydrogen-bond acceptors (Lipinski definition) is 2. The van der Waals surface area contributed by atoms with Crippen LogP contribution >= 0.6 is 23.4 Å². The second-order valence-electron chi connectivity index (χ2n) is 4.25. The van der Waals surface area contributed by atoms with Gasteiger partial charge in [-0.2, -0.15) is 11.8 Å². The summed E-state index contributed by atoms with van der Waals surface area (Å²) in [5, 5.41) is 1.03. The van der Waals surface area contributed by atoms with Crippen molar-refractivity contribution in [3.05, 3.63) is 34.6 Å². The van der Waals surface area contributed by atoms with Crippen LogP contribution in [0.3, 0.4) is 0 Å². The van der Waals surface area contributed by atoms with Crippen molar-refractivity contribution in [2.24, 2.45) is 5.73 Å².